The molecule has 5 heteroatoms. The summed E-state index contributed by atoms with van der Waals surface area (Å²) in [5, 5.41) is 0. The summed E-state index contributed by atoms with van der Waals surface area (Å²) in [6.45, 7) is 4.30. The summed E-state index contributed by atoms with van der Waals surface area (Å²) in [7, 11) is 4.80. The molecule has 0 aliphatic rings. The van der Waals surface area contributed by atoms with E-state index in [0.29, 0.717) is 23.2 Å². The molecule has 1 aromatic carbocycles. The van der Waals surface area contributed by atoms with Gasteiger partial charge < -0.3 is 19.9 Å². The van der Waals surface area contributed by atoms with Crippen LogP contribution in [-0.4, -0.2) is 21.3 Å². The van der Waals surface area contributed by atoms with Crippen LogP contribution in [0.2, 0.25) is 0 Å². The first-order valence-electron chi connectivity index (χ1n) is 6.09. The SMILES string of the molecule is COc1cc([C@H](N)CC(C)C)cc(OC)c1OC.Cl. The van der Waals surface area contributed by atoms with Gasteiger partial charge in [0.15, 0.2) is 11.5 Å². The normalized spacial score (nSPS) is 11.7. The van der Waals surface area contributed by atoms with Crippen molar-refractivity contribution in [3.63, 3.8) is 0 Å². The van der Waals surface area contributed by atoms with Crippen molar-refractivity contribution < 1.29 is 14.2 Å². The molecule has 0 aliphatic carbocycles. The molecule has 0 saturated carbocycles. The highest BCUT2D eigenvalue weighted by atomic mass is 35.5. The average molecular weight is 290 g/mol. The van der Waals surface area contributed by atoms with Gasteiger partial charge in [0.1, 0.15) is 0 Å². The zero-order chi connectivity index (χ0) is 13.7. The smallest absolute Gasteiger partial charge is 0.203 e. The van der Waals surface area contributed by atoms with Crippen LogP contribution in [-0.2, 0) is 0 Å². The van der Waals surface area contributed by atoms with Gasteiger partial charge in [-0.25, -0.2) is 0 Å². The molecule has 0 saturated heterocycles. The van der Waals surface area contributed by atoms with Crippen LogP contribution in [0.4, 0.5) is 0 Å². The number of nitrogens with two attached hydrogens (primary N) is 1. The zero-order valence-electron chi connectivity index (χ0n) is 12.2. The zero-order valence-corrected chi connectivity index (χ0v) is 13.0. The topological polar surface area (TPSA) is 53.7 Å². The monoisotopic (exact) mass is 289 g/mol. The Kier molecular flexibility index (Phi) is 7.64. The van der Waals surface area contributed by atoms with E-state index in [9.17, 15) is 0 Å². The molecule has 0 aliphatic heterocycles. The van der Waals surface area contributed by atoms with Gasteiger partial charge in [-0.3, -0.25) is 0 Å². The fraction of sp³-hybridized carbons (Fsp3) is 0.571. The van der Waals surface area contributed by atoms with Gasteiger partial charge in [0.25, 0.3) is 0 Å². The molecule has 0 bridgehead atoms. The van der Waals surface area contributed by atoms with E-state index >= 15 is 0 Å². The molecule has 0 amide bonds. The number of hydrogen-bond acceptors (Lipinski definition) is 4. The maximum atomic E-state index is 6.18. The first kappa shape index (κ1) is 17.9. The summed E-state index contributed by atoms with van der Waals surface area (Å²) >= 11 is 0. The van der Waals surface area contributed by atoms with Crippen LogP contribution < -0.4 is 19.9 Å². The van der Waals surface area contributed by atoms with E-state index in [2.05, 4.69) is 13.8 Å². The van der Waals surface area contributed by atoms with Gasteiger partial charge in [-0.15, -0.1) is 12.4 Å². The van der Waals surface area contributed by atoms with E-state index in [0.717, 1.165) is 12.0 Å². The fourth-order valence-electron chi connectivity index (χ4n) is 1.96. The summed E-state index contributed by atoms with van der Waals surface area (Å²) < 4.78 is 15.9. The lowest BCUT2D eigenvalue weighted by Gasteiger charge is -2.18. The number of benzene rings is 1. The van der Waals surface area contributed by atoms with Gasteiger partial charge in [-0.05, 0) is 30.0 Å². The molecule has 0 heterocycles. The van der Waals surface area contributed by atoms with Crippen molar-refractivity contribution in [3.05, 3.63) is 17.7 Å². The van der Waals surface area contributed by atoms with E-state index in [1.807, 2.05) is 12.1 Å². The van der Waals surface area contributed by atoms with Gasteiger partial charge in [-0.2, -0.15) is 0 Å². The predicted molar refractivity (Wildman–Crippen MR) is 79.7 cm³/mol. The van der Waals surface area contributed by atoms with Crippen molar-refractivity contribution in [2.75, 3.05) is 21.3 Å². The molecule has 110 valence electrons. The molecular formula is C14H24ClNO3. The second-order valence-corrected chi connectivity index (χ2v) is 4.69. The molecule has 0 fully saturated rings. The van der Waals surface area contributed by atoms with Crippen LogP contribution in [0.1, 0.15) is 31.9 Å². The predicted octanol–water partition coefficient (Wildman–Crippen LogP) is 3.18. The Morgan fingerprint density at radius 1 is 1.00 bits per heavy atom. The van der Waals surface area contributed by atoms with Gasteiger partial charge in [0.2, 0.25) is 5.75 Å². The minimum absolute atomic E-state index is 0. The Morgan fingerprint density at radius 2 is 1.47 bits per heavy atom. The highest BCUT2D eigenvalue weighted by molar-refractivity contribution is 5.85. The largest absolute Gasteiger partial charge is 0.493 e. The third kappa shape index (κ3) is 4.48. The molecule has 0 unspecified atom stereocenters. The van der Waals surface area contributed by atoms with E-state index < -0.39 is 0 Å². The second-order valence-electron chi connectivity index (χ2n) is 4.69. The van der Waals surface area contributed by atoms with E-state index in [1.165, 1.54) is 0 Å². The minimum Gasteiger partial charge on any atom is -0.493 e. The molecule has 2 N–H and O–H groups in total. The average Bonchev–Trinajstić information content (AvgIpc) is 2.35. The Morgan fingerprint density at radius 3 is 1.79 bits per heavy atom. The second kappa shape index (κ2) is 8.12. The fourth-order valence-corrected chi connectivity index (χ4v) is 1.96. The molecule has 1 rings (SSSR count). The maximum Gasteiger partial charge on any atom is 0.203 e. The highest BCUT2D eigenvalue weighted by Crippen LogP contribution is 2.40. The molecule has 0 spiro atoms. The first-order valence-corrected chi connectivity index (χ1v) is 6.09. The van der Waals surface area contributed by atoms with Crippen LogP contribution in [0.25, 0.3) is 0 Å². The lowest BCUT2D eigenvalue weighted by molar-refractivity contribution is 0.323. The Labute approximate surface area is 121 Å². The van der Waals surface area contributed by atoms with Crippen LogP contribution in [0.5, 0.6) is 17.2 Å². The van der Waals surface area contributed by atoms with Gasteiger partial charge >= 0.3 is 0 Å². The third-order valence-electron chi connectivity index (χ3n) is 2.84. The van der Waals surface area contributed by atoms with Crippen molar-refractivity contribution in [1.82, 2.24) is 0 Å². The van der Waals surface area contributed by atoms with Crippen LogP contribution >= 0.6 is 12.4 Å². The summed E-state index contributed by atoms with van der Waals surface area (Å²) in [5.41, 5.74) is 7.18. The van der Waals surface area contributed by atoms with E-state index in [1.54, 1.807) is 21.3 Å². The number of rotatable bonds is 6. The molecule has 19 heavy (non-hydrogen) atoms. The summed E-state index contributed by atoms with van der Waals surface area (Å²) in [6.07, 6.45) is 0.915. The molecule has 4 nitrogen and oxygen atoms in total. The summed E-state index contributed by atoms with van der Waals surface area (Å²) in [6, 6.07) is 3.79. The Balaban J connectivity index is 0.00000324. The lowest BCUT2D eigenvalue weighted by atomic mass is 9.97. The number of methoxy groups -OCH3 is 3. The van der Waals surface area contributed by atoms with Crippen LogP contribution in [0, 0.1) is 5.92 Å². The third-order valence-corrected chi connectivity index (χ3v) is 2.84. The molecule has 0 radical (unpaired) electrons. The van der Waals surface area contributed by atoms with Gasteiger partial charge in [0, 0.05) is 6.04 Å². The number of hydrogen-bond donors (Lipinski definition) is 1. The molecular weight excluding hydrogens is 266 g/mol. The Hall–Kier alpha value is -1.13. The summed E-state index contributed by atoms with van der Waals surface area (Å²) in [5.74, 6) is 2.43. The van der Waals surface area contributed by atoms with Gasteiger partial charge in [0.05, 0.1) is 21.3 Å². The van der Waals surface area contributed by atoms with Gasteiger partial charge in [-0.1, -0.05) is 13.8 Å². The van der Waals surface area contributed by atoms with Crippen LogP contribution in [0.15, 0.2) is 12.1 Å². The van der Waals surface area contributed by atoms with Crippen molar-refractivity contribution in [2.45, 2.75) is 26.3 Å². The van der Waals surface area contributed by atoms with E-state index in [-0.39, 0.29) is 18.4 Å². The molecule has 1 atom stereocenters. The van der Waals surface area contributed by atoms with Crippen molar-refractivity contribution in [2.24, 2.45) is 11.7 Å². The lowest BCUT2D eigenvalue weighted by Crippen LogP contribution is -2.13. The maximum absolute atomic E-state index is 6.18. The highest BCUT2D eigenvalue weighted by Gasteiger charge is 2.17. The minimum atomic E-state index is -0.0290. The van der Waals surface area contributed by atoms with E-state index in [4.69, 9.17) is 19.9 Å². The van der Waals surface area contributed by atoms with Crippen molar-refractivity contribution in [1.29, 1.82) is 0 Å². The standard InChI is InChI=1S/C14H23NO3.ClH/c1-9(2)6-11(15)10-7-12(16-3)14(18-5)13(8-10)17-4;/h7-9,11H,6,15H2,1-5H3;1H/t11-;/m1./s1. The number of halogens is 1. The van der Waals surface area contributed by atoms with Crippen molar-refractivity contribution in [3.8, 4) is 17.2 Å². The molecule has 1 aromatic rings. The summed E-state index contributed by atoms with van der Waals surface area (Å²) in [4.78, 5) is 0. The molecule has 0 aromatic heterocycles. The quantitative estimate of drug-likeness (QED) is 0.874. The first-order chi connectivity index (χ1) is 8.53. The number of ether oxygens (including phenoxy) is 3. The van der Waals surface area contributed by atoms with Crippen LogP contribution in [0.3, 0.4) is 0 Å². The Bertz CT molecular complexity index is 371. The van der Waals surface area contributed by atoms with Crippen molar-refractivity contribution >= 4 is 12.4 Å².